The smallest absolute Gasteiger partial charge is 0.253 e. The number of benzene rings is 1. The maximum Gasteiger partial charge on any atom is 0.253 e. The Labute approximate surface area is 217 Å². The molecule has 1 heterocycles. The van der Waals surface area contributed by atoms with Crippen molar-refractivity contribution in [1.82, 2.24) is 4.57 Å². The number of hydrogen-bond acceptors (Lipinski definition) is 5. The van der Waals surface area contributed by atoms with Crippen molar-refractivity contribution in [3.05, 3.63) is 87.5 Å². The summed E-state index contributed by atoms with van der Waals surface area (Å²) < 4.78 is 13.9. The fourth-order valence-corrected chi connectivity index (χ4v) is 4.44. The summed E-state index contributed by atoms with van der Waals surface area (Å²) >= 11 is 0. The standard InChI is InChI=1S/C29H38N4O2S/c1-20(2)17-31-19-25(18-30-6)27-14-13-24(16-21(3)15-22(4)29(34)33(27)7)23(5)32-26-11-9-10-12-28(26)36(8)35/h9-20,23,32H,1-8H3/b21-16?,22-15?,24-13?,25-19+,27-14?,30-18?,31-17?/t23-,36?/m1/s1. The number of nitrogens with one attached hydrogen (secondary N) is 1. The van der Waals surface area contributed by atoms with Gasteiger partial charge in [-0.1, -0.05) is 49.7 Å². The van der Waals surface area contributed by atoms with Crippen LogP contribution in [0.3, 0.4) is 0 Å². The van der Waals surface area contributed by atoms with Crippen LogP contribution in [0.1, 0.15) is 49.2 Å². The molecule has 0 bridgehead atoms. The summed E-state index contributed by atoms with van der Waals surface area (Å²) in [6, 6.07) is 15.4. The molecule has 36 heavy (non-hydrogen) atoms. The lowest BCUT2D eigenvalue weighted by atomic mass is 10.1. The lowest BCUT2D eigenvalue weighted by molar-refractivity contribution is 0.686. The fraction of sp³-hybridized carbons (Fsp3) is 0.345. The SMILES string of the molecule is CN=C/C(=C\N=CC(C)C)c1ccc([C@@H](C)Nc2ccccc2S(C)=O)cc(C)cc(C)c(=O)n1C. The lowest BCUT2D eigenvalue weighted by Gasteiger charge is -2.18. The molecule has 0 aliphatic carbocycles. The molecule has 192 valence electrons. The van der Waals surface area contributed by atoms with Crippen molar-refractivity contribution in [3.63, 3.8) is 0 Å². The van der Waals surface area contributed by atoms with Gasteiger partial charge in [-0.3, -0.25) is 19.0 Å². The van der Waals surface area contributed by atoms with E-state index in [4.69, 9.17) is 0 Å². The van der Waals surface area contributed by atoms with Gasteiger partial charge in [0.05, 0.1) is 27.1 Å². The van der Waals surface area contributed by atoms with Crippen LogP contribution in [-0.4, -0.2) is 34.5 Å². The first-order valence-electron chi connectivity index (χ1n) is 12.0. The monoisotopic (exact) mass is 506 g/mol. The van der Waals surface area contributed by atoms with Crippen molar-refractivity contribution in [2.45, 2.75) is 45.6 Å². The third kappa shape index (κ3) is 8.12. The van der Waals surface area contributed by atoms with Crippen LogP contribution in [0.4, 0.5) is 5.69 Å². The van der Waals surface area contributed by atoms with E-state index in [1.165, 1.54) is 0 Å². The van der Waals surface area contributed by atoms with Crippen molar-refractivity contribution in [2.75, 3.05) is 18.6 Å². The normalized spacial score (nSPS) is 13.8. The number of aryl methyl sites for hydroxylation is 2. The van der Waals surface area contributed by atoms with E-state index < -0.39 is 10.8 Å². The van der Waals surface area contributed by atoms with Crippen LogP contribution in [0.2, 0.25) is 0 Å². The molecule has 0 amide bonds. The number of allylic oxidation sites excluding steroid dienone is 1. The Hall–Kier alpha value is -3.32. The minimum atomic E-state index is -1.11. The topological polar surface area (TPSA) is 75.8 Å². The average Bonchev–Trinajstić information content (AvgIpc) is 2.81. The van der Waals surface area contributed by atoms with Crippen molar-refractivity contribution in [3.8, 4) is 0 Å². The Kier molecular flexibility index (Phi) is 11.0. The summed E-state index contributed by atoms with van der Waals surface area (Å²) in [5.41, 5.74) is 4.75. The van der Waals surface area contributed by atoms with Gasteiger partial charge in [-0.15, -0.1) is 0 Å². The van der Waals surface area contributed by atoms with E-state index in [9.17, 15) is 9.00 Å². The van der Waals surface area contributed by atoms with Crippen molar-refractivity contribution in [2.24, 2.45) is 23.0 Å². The molecule has 0 fully saturated rings. The highest BCUT2D eigenvalue weighted by atomic mass is 32.2. The van der Waals surface area contributed by atoms with Gasteiger partial charge < -0.3 is 9.88 Å². The van der Waals surface area contributed by atoms with E-state index >= 15 is 0 Å². The van der Waals surface area contributed by atoms with Gasteiger partial charge in [0.1, 0.15) is 0 Å². The van der Waals surface area contributed by atoms with Gasteiger partial charge in [-0.25, -0.2) is 0 Å². The van der Waals surface area contributed by atoms with Gasteiger partial charge in [0.2, 0.25) is 0 Å². The maximum atomic E-state index is 13.2. The molecule has 2 aromatic rings. The van der Waals surface area contributed by atoms with Crippen LogP contribution < -0.4 is 10.9 Å². The molecule has 1 N–H and O–H groups in total. The van der Waals surface area contributed by atoms with E-state index in [1.807, 2.05) is 62.5 Å². The van der Waals surface area contributed by atoms with E-state index in [2.05, 4.69) is 42.1 Å². The molecule has 1 aromatic heterocycles. The minimum Gasteiger partial charge on any atom is -0.378 e. The highest BCUT2D eigenvalue weighted by Crippen LogP contribution is 2.24. The quantitative estimate of drug-likeness (QED) is 0.459. The van der Waals surface area contributed by atoms with Crippen molar-refractivity contribution in [1.29, 1.82) is 0 Å². The van der Waals surface area contributed by atoms with Crippen LogP contribution >= 0.6 is 0 Å². The van der Waals surface area contributed by atoms with E-state index in [-0.39, 0.29) is 11.6 Å². The molecule has 0 saturated carbocycles. The number of aliphatic imine (C=N–C) groups is 2. The van der Waals surface area contributed by atoms with E-state index in [0.717, 1.165) is 27.3 Å². The van der Waals surface area contributed by atoms with Crippen LogP contribution in [-0.2, 0) is 17.8 Å². The van der Waals surface area contributed by atoms with Gasteiger partial charge in [0.25, 0.3) is 5.56 Å². The Balaban J connectivity index is 2.77. The molecule has 1 aromatic carbocycles. The third-order valence-electron chi connectivity index (χ3n) is 5.51. The summed E-state index contributed by atoms with van der Waals surface area (Å²) in [6.07, 6.45) is 6.97. The van der Waals surface area contributed by atoms with Gasteiger partial charge in [-0.2, -0.15) is 0 Å². The molecule has 0 aliphatic heterocycles. The summed E-state index contributed by atoms with van der Waals surface area (Å²) in [5, 5.41) is 3.51. The number of aromatic nitrogens is 1. The molecular formula is C29H38N4O2S. The lowest BCUT2D eigenvalue weighted by Crippen LogP contribution is -2.20. The maximum absolute atomic E-state index is 13.2. The number of rotatable bonds is 8. The summed E-state index contributed by atoms with van der Waals surface area (Å²) in [6.45, 7) is 9.98. The Morgan fingerprint density at radius 1 is 1.08 bits per heavy atom. The highest BCUT2D eigenvalue weighted by Gasteiger charge is 2.11. The molecule has 0 aliphatic rings. The predicted octanol–water partition coefficient (Wildman–Crippen LogP) is 5.81. The second-order valence-corrected chi connectivity index (χ2v) is 10.5. The molecule has 0 saturated heterocycles. The fourth-order valence-electron chi connectivity index (χ4n) is 3.73. The molecule has 6 nitrogen and oxygen atoms in total. The molecule has 1 unspecified atom stereocenters. The average molecular weight is 507 g/mol. The molecule has 2 atom stereocenters. The zero-order valence-corrected chi connectivity index (χ0v) is 23.4. The predicted molar refractivity (Wildman–Crippen MR) is 155 cm³/mol. The number of para-hydroxylation sites is 1. The Morgan fingerprint density at radius 3 is 2.42 bits per heavy atom. The van der Waals surface area contributed by atoms with Gasteiger partial charge in [0, 0.05) is 56.2 Å². The molecular weight excluding hydrogens is 468 g/mol. The van der Waals surface area contributed by atoms with Crippen LogP contribution in [0.25, 0.3) is 5.57 Å². The Bertz CT molecular complexity index is 1300. The minimum absolute atomic E-state index is 0.0949. The summed E-state index contributed by atoms with van der Waals surface area (Å²) in [5.74, 6) is 0.301. The zero-order valence-electron chi connectivity index (χ0n) is 22.6. The molecule has 0 radical (unpaired) electrons. The van der Waals surface area contributed by atoms with E-state index in [0.29, 0.717) is 17.2 Å². The first kappa shape index (κ1) is 28.9. The van der Waals surface area contributed by atoms with Crippen LogP contribution in [0.5, 0.6) is 0 Å². The summed E-state index contributed by atoms with van der Waals surface area (Å²) in [4.78, 5) is 22.6. The number of anilines is 1. The second kappa shape index (κ2) is 13.7. The largest absolute Gasteiger partial charge is 0.378 e. The summed E-state index contributed by atoms with van der Waals surface area (Å²) in [7, 11) is 2.34. The molecule has 7 heteroatoms. The molecule has 2 rings (SSSR count). The number of nitrogens with zero attached hydrogens (tertiary/aromatic N) is 3. The number of hydrogen-bond donors (Lipinski definition) is 1. The van der Waals surface area contributed by atoms with Gasteiger partial charge in [-0.05, 0) is 50.5 Å². The second-order valence-electron chi connectivity index (χ2n) is 9.13. The highest BCUT2D eigenvalue weighted by molar-refractivity contribution is 7.84. The van der Waals surface area contributed by atoms with E-state index in [1.54, 1.807) is 37.3 Å². The first-order valence-corrected chi connectivity index (χ1v) is 13.5. The first-order chi connectivity index (χ1) is 17.0. The van der Waals surface area contributed by atoms with Crippen LogP contribution in [0, 0.1) is 19.8 Å². The Morgan fingerprint density at radius 2 is 1.78 bits per heavy atom. The van der Waals surface area contributed by atoms with Crippen molar-refractivity contribution >= 4 is 34.5 Å². The molecule has 0 spiro atoms. The van der Waals surface area contributed by atoms with Crippen molar-refractivity contribution < 1.29 is 4.21 Å². The van der Waals surface area contributed by atoms with Gasteiger partial charge >= 0.3 is 0 Å². The van der Waals surface area contributed by atoms with Gasteiger partial charge in [0.15, 0.2) is 0 Å². The third-order valence-corrected chi connectivity index (χ3v) is 6.48. The van der Waals surface area contributed by atoms with Crippen LogP contribution in [0.15, 0.2) is 74.4 Å². The zero-order chi connectivity index (χ0) is 26.8.